The molecule has 1 heterocycles. The number of benzene rings is 2. The molecule has 0 fully saturated rings. The van der Waals surface area contributed by atoms with Crippen molar-refractivity contribution < 1.29 is 23.7 Å². The monoisotopic (exact) mass is 379 g/mol. The minimum absolute atomic E-state index is 0.145. The van der Waals surface area contributed by atoms with E-state index in [4.69, 9.17) is 18.9 Å². The van der Waals surface area contributed by atoms with Crippen molar-refractivity contribution in [2.75, 3.05) is 13.4 Å². The third-order valence-electron chi connectivity index (χ3n) is 3.78. The zero-order valence-corrected chi connectivity index (χ0v) is 15.5. The predicted octanol–water partition coefficient (Wildman–Crippen LogP) is 4.60. The molecule has 0 spiro atoms. The lowest BCUT2D eigenvalue weighted by Gasteiger charge is -2.11. The van der Waals surface area contributed by atoms with Gasteiger partial charge in [0.15, 0.2) is 6.79 Å². The van der Waals surface area contributed by atoms with Crippen LogP contribution >= 0.6 is 0 Å². The maximum atomic E-state index is 12.5. The highest BCUT2D eigenvalue weighted by atomic mass is 16.7. The number of carbonyl (C=O) groups is 1. The van der Waals surface area contributed by atoms with Crippen molar-refractivity contribution in [2.45, 2.75) is 13.5 Å². The van der Waals surface area contributed by atoms with Gasteiger partial charge in [-0.15, -0.1) is 0 Å². The molecule has 1 aromatic heterocycles. The standard InChI is InChI=1S/C22H21NO5/c1-2-25-16-27-18-11-9-17(10-12-18)15-26-22(24)20-7-3-4-8-21(20)28-19-6-5-13-23-14-19/h3-14H,2,15-16H2,1H3. The number of hydrogen-bond acceptors (Lipinski definition) is 6. The van der Waals surface area contributed by atoms with Crippen LogP contribution in [0.25, 0.3) is 0 Å². The maximum absolute atomic E-state index is 12.5. The molecule has 0 N–H and O–H groups in total. The minimum Gasteiger partial charge on any atom is -0.468 e. The van der Waals surface area contributed by atoms with Crippen molar-refractivity contribution in [3.63, 3.8) is 0 Å². The molecule has 0 amide bonds. The van der Waals surface area contributed by atoms with Gasteiger partial charge in [0.1, 0.15) is 29.4 Å². The summed E-state index contributed by atoms with van der Waals surface area (Å²) in [5.74, 6) is 1.19. The Labute approximate surface area is 163 Å². The zero-order chi connectivity index (χ0) is 19.6. The number of para-hydroxylation sites is 1. The Hall–Kier alpha value is -3.38. The highest BCUT2D eigenvalue weighted by Gasteiger charge is 2.14. The highest BCUT2D eigenvalue weighted by Crippen LogP contribution is 2.25. The molecule has 3 aromatic rings. The Balaban J connectivity index is 1.59. The fourth-order valence-electron chi connectivity index (χ4n) is 2.36. The van der Waals surface area contributed by atoms with E-state index in [-0.39, 0.29) is 13.4 Å². The first kappa shape index (κ1) is 19.4. The number of hydrogen-bond donors (Lipinski definition) is 0. The van der Waals surface area contributed by atoms with Crippen molar-refractivity contribution in [3.8, 4) is 17.2 Å². The van der Waals surface area contributed by atoms with Crippen LogP contribution in [-0.4, -0.2) is 24.4 Å². The van der Waals surface area contributed by atoms with Crippen LogP contribution in [-0.2, 0) is 16.1 Å². The van der Waals surface area contributed by atoms with Crippen LogP contribution < -0.4 is 9.47 Å². The topological polar surface area (TPSA) is 66.9 Å². The van der Waals surface area contributed by atoms with E-state index in [2.05, 4.69) is 4.98 Å². The third kappa shape index (κ3) is 5.56. The lowest BCUT2D eigenvalue weighted by Crippen LogP contribution is -2.07. The largest absolute Gasteiger partial charge is 0.468 e. The van der Waals surface area contributed by atoms with E-state index in [1.165, 1.54) is 0 Å². The second-order valence-corrected chi connectivity index (χ2v) is 5.76. The van der Waals surface area contributed by atoms with E-state index in [0.717, 1.165) is 5.56 Å². The molecule has 0 saturated heterocycles. The summed E-state index contributed by atoms with van der Waals surface area (Å²) >= 11 is 0. The quantitative estimate of drug-likeness (QED) is 0.307. The van der Waals surface area contributed by atoms with Crippen LogP contribution in [0.2, 0.25) is 0 Å². The smallest absolute Gasteiger partial charge is 0.342 e. The van der Waals surface area contributed by atoms with Crippen LogP contribution in [0.4, 0.5) is 0 Å². The first-order valence-corrected chi connectivity index (χ1v) is 8.90. The molecule has 144 valence electrons. The number of esters is 1. The van der Waals surface area contributed by atoms with Gasteiger partial charge in [0, 0.05) is 12.8 Å². The van der Waals surface area contributed by atoms with Crippen molar-refractivity contribution in [2.24, 2.45) is 0 Å². The molecule has 3 rings (SSSR count). The van der Waals surface area contributed by atoms with Crippen LogP contribution in [0.5, 0.6) is 17.2 Å². The summed E-state index contributed by atoms with van der Waals surface area (Å²) in [5, 5.41) is 0. The molecule has 0 radical (unpaired) electrons. The Morgan fingerprint density at radius 2 is 1.79 bits per heavy atom. The highest BCUT2D eigenvalue weighted by molar-refractivity contribution is 5.92. The summed E-state index contributed by atoms with van der Waals surface area (Å²) in [6.07, 6.45) is 3.23. The molecule has 6 heteroatoms. The molecule has 0 aliphatic carbocycles. The average molecular weight is 379 g/mol. The summed E-state index contributed by atoms with van der Waals surface area (Å²) in [5.41, 5.74) is 1.20. The Morgan fingerprint density at radius 1 is 0.964 bits per heavy atom. The van der Waals surface area contributed by atoms with Crippen molar-refractivity contribution >= 4 is 5.97 Å². The molecule has 2 aromatic carbocycles. The summed E-state index contributed by atoms with van der Waals surface area (Å²) < 4.78 is 21.7. The average Bonchev–Trinajstić information content (AvgIpc) is 2.74. The molecule has 28 heavy (non-hydrogen) atoms. The minimum atomic E-state index is -0.462. The second-order valence-electron chi connectivity index (χ2n) is 5.76. The molecular formula is C22H21NO5. The first-order valence-electron chi connectivity index (χ1n) is 8.90. The van der Waals surface area contributed by atoms with Gasteiger partial charge < -0.3 is 18.9 Å². The molecular weight excluding hydrogens is 358 g/mol. The van der Waals surface area contributed by atoms with Gasteiger partial charge in [-0.3, -0.25) is 4.98 Å². The van der Waals surface area contributed by atoms with Gasteiger partial charge in [-0.25, -0.2) is 4.79 Å². The van der Waals surface area contributed by atoms with Gasteiger partial charge in [-0.1, -0.05) is 24.3 Å². The number of rotatable bonds is 9. The normalized spacial score (nSPS) is 10.3. The molecule has 0 atom stereocenters. The lowest BCUT2D eigenvalue weighted by atomic mass is 10.2. The fraction of sp³-hybridized carbons (Fsp3) is 0.182. The second kappa shape index (κ2) is 10.1. The summed E-state index contributed by atoms with van der Waals surface area (Å²) in [6, 6.07) is 17.8. The molecule has 0 saturated carbocycles. The van der Waals surface area contributed by atoms with E-state index >= 15 is 0 Å². The van der Waals surface area contributed by atoms with Crippen LogP contribution in [0, 0.1) is 0 Å². The molecule has 0 aliphatic heterocycles. The van der Waals surface area contributed by atoms with Gasteiger partial charge in [-0.05, 0) is 48.9 Å². The van der Waals surface area contributed by atoms with Crippen LogP contribution in [0.15, 0.2) is 73.1 Å². The third-order valence-corrected chi connectivity index (χ3v) is 3.78. The van der Waals surface area contributed by atoms with Gasteiger partial charge in [0.2, 0.25) is 0 Å². The maximum Gasteiger partial charge on any atom is 0.342 e. The number of carbonyl (C=O) groups excluding carboxylic acids is 1. The van der Waals surface area contributed by atoms with E-state index < -0.39 is 5.97 Å². The Bertz CT molecular complexity index is 881. The number of pyridine rings is 1. The van der Waals surface area contributed by atoms with E-state index in [1.54, 1.807) is 48.8 Å². The van der Waals surface area contributed by atoms with E-state index in [9.17, 15) is 4.79 Å². The lowest BCUT2D eigenvalue weighted by molar-refractivity contribution is 0.0224. The van der Waals surface area contributed by atoms with Crippen LogP contribution in [0.1, 0.15) is 22.8 Å². The van der Waals surface area contributed by atoms with Crippen molar-refractivity contribution in [1.82, 2.24) is 4.98 Å². The van der Waals surface area contributed by atoms with E-state index in [0.29, 0.717) is 29.4 Å². The number of nitrogens with zero attached hydrogens (tertiary/aromatic N) is 1. The molecule has 0 bridgehead atoms. The first-order chi connectivity index (χ1) is 13.8. The zero-order valence-electron chi connectivity index (χ0n) is 15.5. The Kier molecular flexibility index (Phi) is 6.98. The van der Waals surface area contributed by atoms with Crippen molar-refractivity contribution in [3.05, 3.63) is 84.2 Å². The van der Waals surface area contributed by atoms with Crippen LogP contribution in [0.3, 0.4) is 0 Å². The SMILES string of the molecule is CCOCOc1ccc(COC(=O)c2ccccc2Oc2cccnc2)cc1. The predicted molar refractivity (Wildman–Crippen MR) is 103 cm³/mol. The molecule has 0 aliphatic rings. The number of aromatic nitrogens is 1. The summed E-state index contributed by atoms with van der Waals surface area (Å²) in [7, 11) is 0. The number of ether oxygens (including phenoxy) is 4. The van der Waals surface area contributed by atoms with Gasteiger partial charge in [-0.2, -0.15) is 0 Å². The summed E-state index contributed by atoms with van der Waals surface area (Å²) in [4.78, 5) is 16.5. The Morgan fingerprint density at radius 3 is 2.54 bits per heavy atom. The fourth-order valence-corrected chi connectivity index (χ4v) is 2.36. The van der Waals surface area contributed by atoms with E-state index in [1.807, 2.05) is 31.2 Å². The van der Waals surface area contributed by atoms with Gasteiger partial charge >= 0.3 is 5.97 Å². The van der Waals surface area contributed by atoms with Gasteiger partial charge in [0.25, 0.3) is 0 Å². The molecule has 6 nitrogen and oxygen atoms in total. The summed E-state index contributed by atoms with van der Waals surface area (Å²) in [6.45, 7) is 2.85. The molecule has 0 unspecified atom stereocenters. The van der Waals surface area contributed by atoms with Crippen molar-refractivity contribution in [1.29, 1.82) is 0 Å². The van der Waals surface area contributed by atoms with Gasteiger partial charge in [0.05, 0.1) is 6.20 Å².